The first-order valence-corrected chi connectivity index (χ1v) is 13.9. The standard InChI is InChI=1S/C33H30N4O3/c1-7-18-14(3)21-11-23-16(5)20-9-10-27(38)33(40)29(30(20)36-23)31-28(32(33)39)17(6)24(37-31)13-26-19(8-2)15(4)22(35-26)12-25(18)34-21/h7,11-13,16,20,40H,1,8-10H2,2-6H3. The lowest BCUT2D eigenvalue weighted by Gasteiger charge is -2.20. The van der Waals surface area contributed by atoms with Crippen LogP contribution in [0.2, 0.25) is 0 Å². The van der Waals surface area contributed by atoms with Crippen molar-refractivity contribution in [1.82, 2.24) is 0 Å². The Kier molecular flexibility index (Phi) is 5.11. The van der Waals surface area contributed by atoms with Crippen LogP contribution >= 0.6 is 0 Å². The zero-order valence-electron chi connectivity index (χ0n) is 23.3. The maximum Gasteiger partial charge on any atom is 0.215 e. The molecule has 5 aliphatic heterocycles. The quantitative estimate of drug-likeness (QED) is 0.496. The molecule has 0 saturated heterocycles. The van der Waals surface area contributed by atoms with Crippen molar-refractivity contribution in [1.29, 1.82) is 0 Å². The van der Waals surface area contributed by atoms with Crippen LogP contribution < -0.4 is 0 Å². The third kappa shape index (κ3) is 2.98. The lowest BCUT2D eigenvalue weighted by atomic mass is 9.86. The van der Waals surface area contributed by atoms with Crippen LogP contribution in [0.1, 0.15) is 53.9 Å². The van der Waals surface area contributed by atoms with Gasteiger partial charge in [0.2, 0.25) is 11.4 Å². The Balaban J connectivity index is 1.58. The molecule has 0 spiro atoms. The molecule has 1 saturated carbocycles. The molecule has 0 radical (unpaired) electrons. The number of aliphatic imine (C=N–C) groups is 4. The summed E-state index contributed by atoms with van der Waals surface area (Å²) >= 11 is 0. The van der Waals surface area contributed by atoms with Crippen LogP contribution in [-0.4, -0.2) is 45.1 Å². The Labute approximate surface area is 233 Å². The summed E-state index contributed by atoms with van der Waals surface area (Å²) in [6.45, 7) is 14.1. The van der Waals surface area contributed by atoms with Crippen molar-refractivity contribution in [2.45, 2.75) is 59.5 Å². The van der Waals surface area contributed by atoms with Crippen LogP contribution in [0.15, 0.2) is 113 Å². The molecular formula is C33H30N4O3. The first-order chi connectivity index (χ1) is 19.1. The summed E-state index contributed by atoms with van der Waals surface area (Å²) in [5.74, 6) is -1.22. The molecule has 8 bridgehead atoms. The monoisotopic (exact) mass is 530 g/mol. The Hall–Kier alpha value is -4.10. The first-order valence-electron chi connectivity index (χ1n) is 13.9. The van der Waals surface area contributed by atoms with Crippen LogP contribution in [0.5, 0.6) is 0 Å². The number of allylic oxidation sites excluding steroid dienone is 10. The van der Waals surface area contributed by atoms with E-state index in [-0.39, 0.29) is 23.8 Å². The molecule has 0 aromatic rings. The van der Waals surface area contributed by atoms with Crippen molar-refractivity contribution in [3.05, 3.63) is 92.7 Å². The molecule has 0 aromatic carbocycles. The van der Waals surface area contributed by atoms with Crippen LogP contribution in [0.25, 0.3) is 0 Å². The van der Waals surface area contributed by atoms with Crippen molar-refractivity contribution in [2.75, 3.05) is 0 Å². The van der Waals surface area contributed by atoms with E-state index in [9.17, 15) is 14.7 Å². The van der Waals surface area contributed by atoms with E-state index in [4.69, 9.17) is 20.0 Å². The Morgan fingerprint density at radius 1 is 0.975 bits per heavy atom. The summed E-state index contributed by atoms with van der Waals surface area (Å²) in [5.41, 5.74) is 8.72. The molecule has 2 aliphatic carbocycles. The highest BCUT2D eigenvalue weighted by Crippen LogP contribution is 2.51. The predicted octanol–water partition coefficient (Wildman–Crippen LogP) is 5.20. The number of Topliss-reactive ketones (excluding diaryl/α,β-unsaturated/α-hetero) is 2. The molecule has 7 heteroatoms. The highest BCUT2D eigenvalue weighted by molar-refractivity contribution is 6.47. The zero-order chi connectivity index (χ0) is 28.2. The van der Waals surface area contributed by atoms with Crippen molar-refractivity contribution >= 4 is 34.4 Å². The third-order valence-electron chi connectivity index (χ3n) is 9.48. The van der Waals surface area contributed by atoms with E-state index in [0.717, 1.165) is 57.2 Å². The molecule has 3 unspecified atom stereocenters. The lowest BCUT2D eigenvalue weighted by Crippen LogP contribution is -2.44. The van der Waals surface area contributed by atoms with Gasteiger partial charge in [0.05, 0.1) is 45.5 Å². The van der Waals surface area contributed by atoms with E-state index in [0.29, 0.717) is 34.7 Å². The molecule has 5 heterocycles. The number of aliphatic hydroxyl groups is 1. The van der Waals surface area contributed by atoms with Crippen molar-refractivity contribution < 1.29 is 14.7 Å². The smallest absolute Gasteiger partial charge is 0.215 e. The summed E-state index contributed by atoms with van der Waals surface area (Å²) in [5, 5.41) is 11.8. The van der Waals surface area contributed by atoms with Gasteiger partial charge in [-0.25, -0.2) is 15.0 Å². The topological polar surface area (TPSA) is 104 Å². The number of hydrogen-bond acceptors (Lipinski definition) is 7. The van der Waals surface area contributed by atoms with Crippen LogP contribution in [0, 0.1) is 11.8 Å². The van der Waals surface area contributed by atoms with Gasteiger partial charge in [0.1, 0.15) is 0 Å². The molecular weight excluding hydrogens is 500 g/mol. The highest BCUT2D eigenvalue weighted by Gasteiger charge is 2.61. The minimum absolute atomic E-state index is 0.0291. The van der Waals surface area contributed by atoms with Crippen LogP contribution in [0.4, 0.5) is 0 Å². The van der Waals surface area contributed by atoms with E-state index in [1.807, 2.05) is 38.2 Å². The zero-order valence-corrected chi connectivity index (χ0v) is 23.3. The van der Waals surface area contributed by atoms with E-state index in [2.05, 4.69) is 27.4 Å². The second kappa shape index (κ2) is 8.21. The number of nitrogens with zero attached hydrogens (tertiary/aromatic N) is 4. The summed E-state index contributed by atoms with van der Waals surface area (Å²) < 4.78 is 0. The van der Waals surface area contributed by atoms with Crippen molar-refractivity contribution in [3.63, 3.8) is 0 Å². The Morgan fingerprint density at radius 3 is 2.38 bits per heavy atom. The van der Waals surface area contributed by atoms with Crippen LogP contribution in [0.3, 0.4) is 0 Å². The molecule has 3 atom stereocenters. The van der Waals surface area contributed by atoms with Gasteiger partial charge in [-0.05, 0) is 74.1 Å². The normalized spacial score (nSPS) is 30.6. The fourth-order valence-electron chi connectivity index (χ4n) is 7.07. The van der Waals surface area contributed by atoms with Gasteiger partial charge in [-0.3, -0.25) is 14.6 Å². The molecule has 7 aliphatic rings. The summed E-state index contributed by atoms with van der Waals surface area (Å²) in [4.78, 5) is 47.1. The number of hydrogen-bond donors (Lipinski definition) is 1. The van der Waals surface area contributed by atoms with Gasteiger partial charge in [-0.15, -0.1) is 0 Å². The SMILES string of the molecule is C=CC1=C(C)C2=CC3=NC4=C5C6=NC(=CC7=NC(=CC1=N2)C(C)=C7CC)C(C)=C6C(=O)C5(O)C(=O)CCC4C3C. The van der Waals surface area contributed by atoms with Crippen molar-refractivity contribution in [2.24, 2.45) is 31.8 Å². The van der Waals surface area contributed by atoms with Gasteiger partial charge in [0.25, 0.3) is 0 Å². The van der Waals surface area contributed by atoms with Gasteiger partial charge < -0.3 is 5.11 Å². The largest absolute Gasteiger partial charge is 0.371 e. The number of fused-ring (bicyclic) bond motifs is 3. The average molecular weight is 531 g/mol. The molecule has 0 amide bonds. The van der Waals surface area contributed by atoms with Gasteiger partial charge in [-0.1, -0.05) is 26.5 Å². The number of carbonyl (C=O) groups is 2. The fourth-order valence-corrected chi connectivity index (χ4v) is 7.07. The van der Waals surface area contributed by atoms with Gasteiger partial charge in [-0.2, -0.15) is 0 Å². The maximum atomic E-state index is 13.9. The number of rotatable bonds is 2. The third-order valence-corrected chi connectivity index (χ3v) is 9.48. The van der Waals surface area contributed by atoms with Gasteiger partial charge >= 0.3 is 0 Å². The number of carbonyl (C=O) groups excluding carboxylic acids is 2. The highest BCUT2D eigenvalue weighted by atomic mass is 16.3. The minimum atomic E-state index is -2.25. The molecule has 1 N–H and O–H groups in total. The maximum absolute atomic E-state index is 13.9. The van der Waals surface area contributed by atoms with E-state index >= 15 is 0 Å². The molecule has 1 fully saturated rings. The van der Waals surface area contributed by atoms with Gasteiger partial charge in [0.15, 0.2) is 5.78 Å². The van der Waals surface area contributed by atoms with Crippen molar-refractivity contribution in [3.8, 4) is 0 Å². The molecule has 7 nitrogen and oxygen atoms in total. The Bertz CT molecular complexity index is 1780. The first kappa shape index (κ1) is 24.9. The predicted molar refractivity (Wildman–Crippen MR) is 156 cm³/mol. The minimum Gasteiger partial charge on any atom is -0.371 e. The fraction of sp³-hybridized carbons (Fsp3) is 0.333. The molecule has 0 aromatic heterocycles. The number of ketones is 2. The summed E-state index contributed by atoms with van der Waals surface area (Å²) in [7, 11) is 0. The molecule has 40 heavy (non-hydrogen) atoms. The summed E-state index contributed by atoms with van der Waals surface area (Å²) in [6.07, 6.45) is 9.14. The second-order valence-corrected chi connectivity index (χ2v) is 11.4. The van der Waals surface area contributed by atoms with E-state index in [1.165, 1.54) is 0 Å². The van der Waals surface area contributed by atoms with Gasteiger partial charge in [0, 0.05) is 35.1 Å². The molecule has 200 valence electrons. The average Bonchev–Trinajstić information content (AvgIpc) is 3.62. The Morgan fingerprint density at radius 2 is 1.65 bits per heavy atom. The summed E-state index contributed by atoms with van der Waals surface area (Å²) in [6, 6.07) is 0. The van der Waals surface area contributed by atoms with Crippen LogP contribution in [-0.2, 0) is 9.59 Å². The van der Waals surface area contributed by atoms with E-state index in [1.54, 1.807) is 0 Å². The van der Waals surface area contributed by atoms with E-state index < -0.39 is 17.2 Å². The lowest BCUT2D eigenvalue weighted by molar-refractivity contribution is -0.142. The second-order valence-electron chi connectivity index (χ2n) is 11.4. The molecule has 7 rings (SSSR count).